The molecule has 1 N–H and O–H groups in total. The zero-order valence-corrected chi connectivity index (χ0v) is 22.3. The van der Waals surface area contributed by atoms with Crippen LogP contribution in [0.3, 0.4) is 0 Å². The average molecular weight is 468 g/mol. The van der Waals surface area contributed by atoms with Crippen molar-refractivity contribution in [2.75, 3.05) is 13.1 Å². The van der Waals surface area contributed by atoms with Crippen molar-refractivity contribution in [1.29, 1.82) is 0 Å². The van der Waals surface area contributed by atoms with Crippen molar-refractivity contribution in [3.63, 3.8) is 0 Å². The van der Waals surface area contributed by atoms with Gasteiger partial charge in [-0.15, -0.1) is 0 Å². The number of benzene rings is 1. The van der Waals surface area contributed by atoms with Crippen LogP contribution < -0.4 is 9.16 Å². The maximum atomic E-state index is 12.6. The van der Waals surface area contributed by atoms with Crippen LogP contribution in [-0.2, 0) is 11.8 Å². The summed E-state index contributed by atoms with van der Waals surface area (Å²) in [4.78, 5) is 2.63. The summed E-state index contributed by atoms with van der Waals surface area (Å²) in [5, 5.41) is 12.7. The molecule has 33 heavy (non-hydrogen) atoms. The maximum absolute atomic E-state index is 12.6. The largest absolute Gasteiger partial charge is 0.541 e. The van der Waals surface area contributed by atoms with Gasteiger partial charge in [0.25, 0.3) is 8.32 Å². The van der Waals surface area contributed by atoms with Crippen molar-refractivity contribution in [2.24, 2.45) is 11.8 Å². The minimum Gasteiger partial charge on any atom is -0.541 e. The van der Waals surface area contributed by atoms with Crippen molar-refractivity contribution in [3.8, 4) is 11.5 Å². The Labute approximate surface area is 200 Å². The third-order valence-electron chi connectivity index (χ3n) is 10.4. The van der Waals surface area contributed by atoms with E-state index in [0.29, 0.717) is 0 Å². The second-order valence-electron chi connectivity index (χ2n) is 13.3. The first-order valence-electron chi connectivity index (χ1n) is 13.1. The first-order valence-corrected chi connectivity index (χ1v) is 16.0. The van der Waals surface area contributed by atoms with E-state index >= 15 is 0 Å². The molecule has 2 unspecified atom stereocenters. The summed E-state index contributed by atoms with van der Waals surface area (Å²) >= 11 is 0. The lowest BCUT2D eigenvalue weighted by Gasteiger charge is -2.63. The van der Waals surface area contributed by atoms with Gasteiger partial charge in [-0.3, -0.25) is 4.90 Å². The SMILES string of the molecule is C=C1CC[C@@]2(O)[C@H]3Cc4ccc(O[Si](C)(C)C(C)(C)C)c5c4[C@@]2(CCN3CC2C[C@H]2C)C1O5. The molecule has 4 nitrogen and oxygen atoms in total. The highest BCUT2D eigenvalue weighted by atomic mass is 28.4. The Bertz CT molecular complexity index is 1030. The number of rotatable bonds is 4. The number of aliphatic hydroxyl groups is 1. The van der Waals surface area contributed by atoms with Crippen LogP contribution in [0.25, 0.3) is 0 Å². The molecule has 2 bridgehead atoms. The molecule has 5 heteroatoms. The minimum absolute atomic E-state index is 0.111. The predicted octanol–water partition coefficient (Wildman–Crippen LogP) is 5.44. The number of ether oxygens (including phenoxy) is 1. The van der Waals surface area contributed by atoms with Gasteiger partial charge in [-0.05, 0) is 85.8 Å². The quantitative estimate of drug-likeness (QED) is 0.473. The number of nitrogens with zero attached hydrogens (tertiary/aromatic N) is 1. The van der Waals surface area contributed by atoms with E-state index in [2.05, 4.69) is 64.4 Å². The van der Waals surface area contributed by atoms with E-state index in [1.165, 1.54) is 17.5 Å². The minimum atomic E-state index is -2.03. The van der Waals surface area contributed by atoms with E-state index in [9.17, 15) is 5.11 Å². The van der Waals surface area contributed by atoms with Gasteiger partial charge in [-0.2, -0.15) is 0 Å². The Hall–Kier alpha value is -1.30. The summed E-state index contributed by atoms with van der Waals surface area (Å²) in [6.45, 7) is 20.4. The Kier molecular flexibility index (Phi) is 4.48. The first kappa shape index (κ1) is 22.2. The molecule has 180 valence electrons. The number of hydrogen-bond donors (Lipinski definition) is 1. The zero-order chi connectivity index (χ0) is 23.6. The molecular weight excluding hydrogens is 426 g/mol. The van der Waals surface area contributed by atoms with Crippen LogP contribution in [0.1, 0.15) is 64.5 Å². The van der Waals surface area contributed by atoms with Crippen LogP contribution in [0.15, 0.2) is 24.3 Å². The second-order valence-corrected chi connectivity index (χ2v) is 18.0. The van der Waals surface area contributed by atoms with Gasteiger partial charge in [-0.25, -0.2) is 0 Å². The van der Waals surface area contributed by atoms with Gasteiger partial charge in [0.15, 0.2) is 5.75 Å². The summed E-state index contributed by atoms with van der Waals surface area (Å²) in [5.74, 6) is 3.43. The van der Waals surface area contributed by atoms with Crippen molar-refractivity contribution >= 4 is 8.32 Å². The first-order chi connectivity index (χ1) is 15.4. The Balaban J connectivity index is 1.47. The standard InChI is InChI=1S/C28H41NO3Si/c1-17-10-11-28(30)22-15-19-8-9-21(32-33(6,7)26(3,4)5)24-23(19)27(28,25(17)31-24)12-13-29(22)16-20-14-18(20)2/h8-9,18,20,22,25,30H,1,10-16H2,2-7H3/t18-,20?,22-,25?,27+,28-/m1/s1. The lowest BCUT2D eigenvalue weighted by atomic mass is 9.48. The molecule has 3 aliphatic carbocycles. The van der Waals surface area contributed by atoms with Gasteiger partial charge in [0.2, 0.25) is 0 Å². The molecule has 1 saturated heterocycles. The van der Waals surface area contributed by atoms with Crippen LogP contribution in [-0.4, -0.2) is 49.2 Å². The topological polar surface area (TPSA) is 41.9 Å². The summed E-state index contributed by atoms with van der Waals surface area (Å²) in [5.41, 5.74) is 2.61. The third-order valence-corrected chi connectivity index (χ3v) is 14.8. The molecule has 5 aliphatic rings. The van der Waals surface area contributed by atoms with Crippen LogP contribution in [0, 0.1) is 11.8 Å². The van der Waals surface area contributed by atoms with E-state index in [1.54, 1.807) is 0 Å². The Morgan fingerprint density at radius 2 is 2.00 bits per heavy atom. The normalized spacial score (nSPS) is 39.2. The summed E-state index contributed by atoms with van der Waals surface area (Å²) in [7, 11) is -2.03. The Morgan fingerprint density at radius 1 is 1.27 bits per heavy atom. The molecule has 6 rings (SSSR count). The Morgan fingerprint density at radius 3 is 2.67 bits per heavy atom. The summed E-state index contributed by atoms with van der Waals surface area (Å²) in [6.07, 6.45) is 4.68. The fraction of sp³-hybridized carbons (Fsp3) is 0.714. The highest BCUT2D eigenvalue weighted by Gasteiger charge is 2.72. The van der Waals surface area contributed by atoms with Gasteiger partial charge >= 0.3 is 0 Å². The van der Waals surface area contributed by atoms with E-state index in [1.807, 2.05) is 0 Å². The van der Waals surface area contributed by atoms with Gasteiger partial charge in [-0.1, -0.05) is 40.3 Å². The van der Waals surface area contributed by atoms with Gasteiger partial charge in [0.05, 0.1) is 11.0 Å². The van der Waals surface area contributed by atoms with Crippen LogP contribution in [0.2, 0.25) is 18.1 Å². The zero-order valence-electron chi connectivity index (χ0n) is 21.3. The summed E-state index contributed by atoms with van der Waals surface area (Å²) in [6, 6.07) is 4.60. The molecule has 2 aliphatic heterocycles. The number of hydrogen-bond acceptors (Lipinski definition) is 4. The number of likely N-dealkylation sites (tertiary alicyclic amines) is 1. The average Bonchev–Trinajstić information content (AvgIpc) is 3.28. The molecule has 3 fully saturated rings. The third kappa shape index (κ3) is 2.82. The monoisotopic (exact) mass is 467 g/mol. The smallest absolute Gasteiger partial charge is 0.250 e. The molecule has 0 aromatic heterocycles. The fourth-order valence-corrected chi connectivity index (χ4v) is 8.23. The molecule has 0 amide bonds. The second kappa shape index (κ2) is 6.67. The van der Waals surface area contributed by atoms with Gasteiger partial charge in [0.1, 0.15) is 11.9 Å². The highest BCUT2D eigenvalue weighted by molar-refractivity contribution is 6.74. The van der Waals surface area contributed by atoms with Crippen molar-refractivity contribution < 1.29 is 14.3 Å². The van der Waals surface area contributed by atoms with Crippen molar-refractivity contribution in [3.05, 3.63) is 35.4 Å². The highest BCUT2D eigenvalue weighted by Crippen LogP contribution is 2.66. The van der Waals surface area contributed by atoms with E-state index in [-0.39, 0.29) is 22.6 Å². The summed E-state index contributed by atoms with van der Waals surface area (Å²) < 4.78 is 13.6. The molecule has 1 spiro atoms. The van der Waals surface area contributed by atoms with Crippen LogP contribution >= 0.6 is 0 Å². The number of piperidine rings is 1. The van der Waals surface area contributed by atoms with Crippen LogP contribution in [0.4, 0.5) is 0 Å². The molecule has 2 saturated carbocycles. The van der Waals surface area contributed by atoms with Crippen molar-refractivity contribution in [2.45, 2.75) is 101 Å². The van der Waals surface area contributed by atoms with E-state index in [0.717, 1.165) is 67.7 Å². The molecule has 6 atom stereocenters. The maximum Gasteiger partial charge on any atom is 0.250 e. The predicted molar refractivity (Wildman–Crippen MR) is 135 cm³/mol. The molecule has 1 aromatic rings. The molecule has 2 heterocycles. The van der Waals surface area contributed by atoms with E-state index < -0.39 is 13.9 Å². The van der Waals surface area contributed by atoms with E-state index in [4.69, 9.17) is 9.16 Å². The lowest BCUT2D eigenvalue weighted by Crippen LogP contribution is -2.75. The fourth-order valence-electron chi connectivity index (χ4n) is 7.21. The molecule has 1 aromatic carbocycles. The van der Waals surface area contributed by atoms with Gasteiger partial charge < -0.3 is 14.3 Å². The lowest BCUT2D eigenvalue weighted by molar-refractivity contribution is -0.174. The van der Waals surface area contributed by atoms with Gasteiger partial charge in [0, 0.05) is 18.2 Å². The van der Waals surface area contributed by atoms with Crippen molar-refractivity contribution in [1.82, 2.24) is 4.90 Å². The molecular formula is C28H41NO3Si. The van der Waals surface area contributed by atoms with Crippen LogP contribution in [0.5, 0.6) is 11.5 Å². The molecule has 0 radical (unpaired) electrons.